The molecule has 1 aromatic heterocycles. The molecule has 1 atom stereocenters. The van der Waals surface area contributed by atoms with Gasteiger partial charge in [0, 0.05) is 36.7 Å². The smallest absolute Gasteiger partial charge is 0.380 e. The molecule has 1 aliphatic heterocycles. The molecule has 0 radical (unpaired) electrons. The standard InChI is InChI=1S/C16H20N4O4.C6H4ClF/c1-10-2-3-12(14-19-16(22)24-20-14)6-13(10)15(21)18-8-11-7-17-4-5-23-9-11;7-5-3-1-2-4-6(5)8/h2-3,6,11,17H,4-5,7-9H2,1H3,(H,18,21)(H,19,20,22);1-4H. The number of ether oxygens (including phenoxy) is 1. The average molecular weight is 463 g/mol. The summed E-state index contributed by atoms with van der Waals surface area (Å²) >= 11 is 5.33. The molecular formula is C22H24ClFN4O4. The number of carbonyl (C=O) groups excluding carboxylic acids is 1. The zero-order chi connectivity index (χ0) is 22.9. The number of H-pyrrole nitrogens is 1. The largest absolute Gasteiger partial charge is 0.439 e. The Labute approximate surface area is 189 Å². The van der Waals surface area contributed by atoms with E-state index in [9.17, 15) is 14.0 Å². The Balaban J connectivity index is 0.000000305. The van der Waals surface area contributed by atoms with Crippen molar-refractivity contribution in [1.82, 2.24) is 20.8 Å². The third kappa shape index (κ3) is 6.74. The van der Waals surface area contributed by atoms with Gasteiger partial charge in [-0.1, -0.05) is 41.0 Å². The molecule has 3 N–H and O–H groups in total. The molecule has 8 nitrogen and oxygen atoms in total. The van der Waals surface area contributed by atoms with Crippen LogP contribution in [-0.4, -0.2) is 48.9 Å². The lowest BCUT2D eigenvalue weighted by molar-refractivity contribution is 0.0921. The number of nitrogens with zero attached hydrogens (tertiary/aromatic N) is 1. The highest BCUT2D eigenvalue weighted by Gasteiger charge is 2.16. The summed E-state index contributed by atoms with van der Waals surface area (Å²) in [5, 5.41) is 10.0. The summed E-state index contributed by atoms with van der Waals surface area (Å²) in [7, 11) is 0. The minimum absolute atomic E-state index is 0.163. The van der Waals surface area contributed by atoms with E-state index in [0.717, 1.165) is 18.7 Å². The Hall–Kier alpha value is -3.01. The zero-order valence-electron chi connectivity index (χ0n) is 17.5. The first-order valence-corrected chi connectivity index (χ1v) is 10.5. The summed E-state index contributed by atoms with van der Waals surface area (Å²) < 4.78 is 22.2. The van der Waals surface area contributed by atoms with Crippen LogP contribution in [0.1, 0.15) is 15.9 Å². The molecule has 4 rings (SSSR count). The van der Waals surface area contributed by atoms with Crippen LogP contribution in [-0.2, 0) is 4.74 Å². The normalized spacial score (nSPS) is 15.9. The number of aromatic amines is 1. The number of carbonyl (C=O) groups is 1. The van der Waals surface area contributed by atoms with Crippen LogP contribution < -0.4 is 16.4 Å². The molecule has 0 saturated carbocycles. The van der Waals surface area contributed by atoms with E-state index < -0.39 is 5.76 Å². The van der Waals surface area contributed by atoms with E-state index in [4.69, 9.17) is 16.3 Å². The molecule has 1 aliphatic rings. The van der Waals surface area contributed by atoms with Crippen LogP contribution >= 0.6 is 11.6 Å². The second-order valence-electron chi connectivity index (χ2n) is 7.24. The average Bonchev–Trinajstić information content (AvgIpc) is 3.05. The summed E-state index contributed by atoms with van der Waals surface area (Å²) in [5.74, 6) is -0.613. The van der Waals surface area contributed by atoms with Gasteiger partial charge in [0.2, 0.25) is 0 Å². The van der Waals surface area contributed by atoms with E-state index in [1.165, 1.54) is 12.1 Å². The molecule has 170 valence electrons. The number of halogens is 2. The van der Waals surface area contributed by atoms with E-state index in [1.807, 2.05) is 13.0 Å². The molecule has 0 aliphatic carbocycles. The molecule has 32 heavy (non-hydrogen) atoms. The van der Waals surface area contributed by atoms with Crippen molar-refractivity contribution in [3.05, 3.63) is 75.0 Å². The third-order valence-electron chi connectivity index (χ3n) is 4.78. The number of hydrogen-bond donors (Lipinski definition) is 3. The molecule has 1 amide bonds. The Kier molecular flexibility index (Phi) is 8.55. The van der Waals surface area contributed by atoms with Crippen molar-refractivity contribution in [3.63, 3.8) is 0 Å². The maximum absolute atomic E-state index is 12.5. The summed E-state index contributed by atoms with van der Waals surface area (Å²) in [4.78, 5) is 26.0. The van der Waals surface area contributed by atoms with Gasteiger partial charge in [0.05, 0.1) is 18.2 Å². The van der Waals surface area contributed by atoms with Gasteiger partial charge in [-0.25, -0.2) is 9.18 Å². The minimum atomic E-state index is -0.627. The molecular weight excluding hydrogens is 439 g/mol. The maximum Gasteiger partial charge on any atom is 0.439 e. The predicted molar refractivity (Wildman–Crippen MR) is 118 cm³/mol. The monoisotopic (exact) mass is 462 g/mol. The molecule has 10 heteroatoms. The van der Waals surface area contributed by atoms with Gasteiger partial charge in [-0.3, -0.25) is 14.3 Å². The van der Waals surface area contributed by atoms with Gasteiger partial charge in [-0.05, 0) is 30.7 Å². The van der Waals surface area contributed by atoms with Gasteiger partial charge in [0.1, 0.15) is 5.82 Å². The van der Waals surface area contributed by atoms with Crippen molar-refractivity contribution >= 4 is 17.5 Å². The summed E-state index contributed by atoms with van der Waals surface area (Å²) in [5.41, 5.74) is 2.01. The fourth-order valence-corrected chi connectivity index (χ4v) is 3.17. The number of nitrogens with one attached hydrogen (secondary N) is 3. The maximum atomic E-state index is 12.5. The summed E-state index contributed by atoms with van der Waals surface area (Å²) in [6.45, 7) is 5.38. The van der Waals surface area contributed by atoms with E-state index in [-0.39, 0.29) is 22.7 Å². The molecule has 1 fully saturated rings. The molecule has 0 spiro atoms. The number of aromatic nitrogens is 2. The second kappa shape index (κ2) is 11.6. The van der Waals surface area contributed by atoms with Gasteiger partial charge < -0.3 is 15.4 Å². The fourth-order valence-electron chi connectivity index (χ4n) is 3.03. The topological polar surface area (TPSA) is 109 Å². The number of rotatable bonds is 4. The van der Waals surface area contributed by atoms with E-state index in [2.05, 4.69) is 25.3 Å². The SMILES string of the molecule is Cc1ccc(-c2noc(=O)[nH]2)cc1C(=O)NCC1CNCCOC1.Fc1ccccc1Cl. The molecule has 0 bridgehead atoms. The van der Waals surface area contributed by atoms with Gasteiger partial charge in [0.25, 0.3) is 5.91 Å². The van der Waals surface area contributed by atoms with Crippen molar-refractivity contribution < 1.29 is 18.4 Å². The molecule has 3 aromatic rings. The van der Waals surface area contributed by atoms with Crippen molar-refractivity contribution in [2.24, 2.45) is 5.92 Å². The lowest BCUT2D eigenvalue weighted by Crippen LogP contribution is -2.35. The van der Waals surface area contributed by atoms with Crippen molar-refractivity contribution in [1.29, 1.82) is 0 Å². The van der Waals surface area contributed by atoms with Crippen LogP contribution in [0.2, 0.25) is 5.02 Å². The fraction of sp³-hybridized carbons (Fsp3) is 0.318. The minimum Gasteiger partial charge on any atom is -0.380 e. The summed E-state index contributed by atoms with van der Waals surface area (Å²) in [6.07, 6.45) is 0. The van der Waals surface area contributed by atoms with Crippen LogP contribution in [0.25, 0.3) is 11.4 Å². The molecule has 1 unspecified atom stereocenters. The zero-order valence-corrected chi connectivity index (χ0v) is 18.2. The van der Waals surface area contributed by atoms with Gasteiger partial charge in [0.15, 0.2) is 5.82 Å². The van der Waals surface area contributed by atoms with Crippen molar-refractivity contribution in [2.75, 3.05) is 32.8 Å². The lowest BCUT2D eigenvalue weighted by Gasteiger charge is -2.15. The Bertz CT molecular complexity index is 1070. The van der Waals surface area contributed by atoms with Crippen LogP contribution in [0, 0.1) is 18.7 Å². The number of amides is 1. The second-order valence-corrected chi connectivity index (χ2v) is 7.65. The van der Waals surface area contributed by atoms with Gasteiger partial charge >= 0.3 is 5.76 Å². The third-order valence-corrected chi connectivity index (χ3v) is 5.09. The Morgan fingerprint density at radius 3 is 2.81 bits per heavy atom. The number of hydrogen-bond acceptors (Lipinski definition) is 6. The first-order chi connectivity index (χ1) is 15.4. The van der Waals surface area contributed by atoms with Gasteiger partial charge in [-0.2, -0.15) is 0 Å². The molecule has 1 saturated heterocycles. The highest BCUT2D eigenvalue weighted by Crippen LogP contribution is 2.18. The van der Waals surface area contributed by atoms with Crippen molar-refractivity contribution in [3.8, 4) is 11.4 Å². The van der Waals surface area contributed by atoms with E-state index in [0.29, 0.717) is 36.7 Å². The Morgan fingerprint density at radius 2 is 2.12 bits per heavy atom. The van der Waals surface area contributed by atoms with E-state index >= 15 is 0 Å². The Morgan fingerprint density at radius 1 is 1.31 bits per heavy atom. The molecule has 2 heterocycles. The quantitative estimate of drug-likeness (QED) is 0.550. The lowest BCUT2D eigenvalue weighted by atomic mass is 10.0. The van der Waals surface area contributed by atoms with E-state index in [1.54, 1.807) is 24.3 Å². The van der Waals surface area contributed by atoms with Crippen LogP contribution in [0.5, 0.6) is 0 Å². The van der Waals surface area contributed by atoms with Crippen LogP contribution in [0.4, 0.5) is 4.39 Å². The number of benzene rings is 2. The highest BCUT2D eigenvalue weighted by atomic mass is 35.5. The predicted octanol–water partition coefficient (Wildman–Crippen LogP) is 2.78. The highest BCUT2D eigenvalue weighted by molar-refractivity contribution is 6.30. The van der Waals surface area contributed by atoms with Gasteiger partial charge in [-0.15, -0.1) is 0 Å². The van der Waals surface area contributed by atoms with Crippen LogP contribution in [0.3, 0.4) is 0 Å². The first-order valence-electron chi connectivity index (χ1n) is 10.1. The first kappa shape index (κ1) is 23.6. The number of aryl methyl sites for hydroxylation is 1. The molecule has 2 aromatic carbocycles. The van der Waals surface area contributed by atoms with Crippen molar-refractivity contribution in [2.45, 2.75) is 6.92 Å². The summed E-state index contributed by atoms with van der Waals surface area (Å²) in [6, 6.07) is 11.4. The van der Waals surface area contributed by atoms with Crippen LogP contribution in [0.15, 0.2) is 51.8 Å².